The van der Waals surface area contributed by atoms with Gasteiger partial charge in [-0.3, -0.25) is 4.79 Å². The third-order valence-electron chi connectivity index (χ3n) is 6.34. The van der Waals surface area contributed by atoms with Crippen LogP contribution in [-0.2, 0) is 27.2 Å². The number of benzene rings is 1. The molecule has 1 atom stereocenters. The molecule has 3 aromatic rings. The number of ether oxygens (including phenoxy) is 1. The summed E-state index contributed by atoms with van der Waals surface area (Å²) in [5.74, 6) is 0.865. The number of esters is 1. The monoisotopic (exact) mass is 502 g/mol. The van der Waals surface area contributed by atoms with E-state index in [-0.39, 0.29) is 5.91 Å². The third-order valence-corrected chi connectivity index (χ3v) is 6.34. The second-order valence-electron chi connectivity index (χ2n) is 9.07. The molecule has 0 bridgehead atoms. The highest BCUT2D eigenvalue weighted by molar-refractivity contribution is 5.79. The lowest BCUT2D eigenvalue weighted by molar-refractivity contribution is -0.141. The standard InChI is InChI=1S/C28H34N6O3/c1-37-27(36)24(34-28-31-18-22(19-32-28)20-8-3-2-4-9-20)15-17-29-25(35)12-6-5-11-23-14-13-21-10-7-16-30-26(21)33-23/h2-4,8-9,13-14,18-19,24H,5-7,10-12,15-17H2,1H3,(H,29,35)(H,30,33)(H,31,32,34)/t24-/m0/s1. The molecule has 0 radical (unpaired) electrons. The summed E-state index contributed by atoms with van der Waals surface area (Å²) in [4.78, 5) is 37.9. The average Bonchev–Trinajstić information content (AvgIpc) is 2.95. The first-order valence-corrected chi connectivity index (χ1v) is 12.8. The Morgan fingerprint density at radius 1 is 1.05 bits per heavy atom. The lowest BCUT2D eigenvalue weighted by atomic mass is 10.1. The van der Waals surface area contributed by atoms with Crippen LogP contribution in [0.25, 0.3) is 11.1 Å². The van der Waals surface area contributed by atoms with Crippen molar-refractivity contribution >= 4 is 23.6 Å². The maximum Gasteiger partial charge on any atom is 0.328 e. The molecule has 9 nitrogen and oxygen atoms in total. The molecule has 9 heteroatoms. The Kier molecular flexibility index (Phi) is 9.40. The van der Waals surface area contributed by atoms with Crippen molar-refractivity contribution in [2.75, 3.05) is 30.8 Å². The van der Waals surface area contributed by atoms with E-state index in [1.54, 1.807) is 12.4 Å². The molecule has 0 unspecified atom stereocenters. The number of carbonyl (C=O) groups is 2. The molecule has 0 fully saturated rings. The quantitative estimate of drug-likeness (QED) is 0.253. The van der Waals surface area contributed by atoms with Crippen molar-refractivity contribution in [3.63, 3.8) is 0 Å². The average molecular weight is 503 g/mol. The fourth-order valence-corrected chi connectivity index (χ4v) is 4.27. The Labute approximate surface area is 217 Å². The fraction of sp³-hybridized carbons (Fsp3) is 0.393. The number of amides is 1. The van der Waals surface area contributed by atoms with Crippen molar-refractivity contribution in [3.05, 3.63) is 66.1 Å². The van der Waals surface area contributed by atoms with Crippen LogP contribution < -0.4 is 16.0 Å². The number of hydrogen-bond donors (Lipinski definition) is 3. The molecule has 2 aromatic heterocycles. The maximum atomic E-state index is 12.3. The van der Waals surface area contributed by atoms with Crippen molar-refractivity contribution in [1.82, 2.24) is 20.3 Å². The molecule has 0 saturated heterocycles. The summed E-state index contributed by atoms with van der Waals surface area (Å²) in [6.07, 6.45) is 8.94. The number of methoxy groups -OCH3 is 1. The fourth-order valence-electron chi connectivity index (χ4n) is 4.27. The van der Waals surface area contributed by atoms with Crippen molar-refractivity contribution in [2.45, 2.75) is 51.0 Å². The predicted molar refractivity (Wildman–Crippen MR) is 143 cm³/mol. The van der Waals surface area contributed by atoms with E-state index in [9.17, 15) is 9.59 Å². The number of unbranched alkanes of at least 4 members (excludes halogenated alkanes) is 1. The Morgan fingerprint density at radius 2 is 1.86 bits per heavy atom. The number of rotatable bonds is 12. The van der Waals surface area contributed by atoms with Gasteiger partial charge in [0.1, 0.15) is 11.9 Å². The highest BCUT2D eigenvalue weighted by Crippen LogP contribution is 2.20. The van der Waals surface area contributed by atoms with E-state index in [0.29, 0.717) is 25.3 Å². The lowest BCUT2D eigenvalue weighted by Crippen LogP contribution is -2.36. The van der Waals surface area contributed by atoms with Gasteiger partial charge in [-0.1, -0.05) is 36.4 Å². The highest BCUT2D eigenvalue weighted by Gasteiger charge is 2.20. The van der Waals surface area contributed by atoms with Gasteiger partial charge in [-0.15, -0.1) is 0 Å². The van der Waals surface area contributed by atoms with Crippen LogP contribution in [0.15, 0.2) is 54.9 Å². The predicted octanol–water partition coefficient (Wildman–Crippen LogP) is 3.77. The number of nitrogens with one attached hydrogen (secondary N) is 3. The SMILES string of the molecule is COC(=O)[C@H](CCNC(=O)CCCCc1ccc2c(n1)NCCC2)Nc1ncc(-c2ccccc2)cn1. The summed E-state index contributed by atoms with van der Waals surface area (Å²) in [6.45, 7) is 1.31. The first-order chi connectivity index (χ1) is 18.1. The van der Waals surface area contributed by atoms with E-state index in [2.05, 4.69) is 38.1 Å². The van der Waals surface area contributed by atoms with Crippen LogP contribution in [0.2, 0.25) is 0 Å². The zero-order chi connectivity index (χ0) is 25.9. The Hall–Kier alpha value is -4.01. The molecule has 4 rings (SSSR count). The smallest absolute Gasteiger partial charge is 0.328 e. The van der Waals surface area contributed by atoms with Crippen LogP contribution in [0, 0.1) is 0 Å². The van der Waals surface area contributed by atoms with E-state index < -0.39 is 12.0 Å². The number of fused-ring (bicyclic) bond motifs is 1. The van der Waals surface area contributed by atoms with Gasteiger partial charge >= 0.3 is 5.97 Å². The molecule has 194 valence electrons. The number of carbonyl (C=O) groups excluding carboxylic acids is 2. The molecule has 1 aliphatic rings. The molecule has 3 N–H and O–H groups in total. The summed E-state index contributed by atoms with van der Waals surface area (Å²) in [5.41, 5.74) is 4.23. The number of nitrogens with zero attached hydrogens (tertiary/aromatic N) is 3. The molecule has 0 spiro atoms. The minimum atomic E-state index is -0.670. The van der Waals surface area contributed by atoms with E-state index >= 15 is 0 Å². The summed E-state index contributed by atoms with van der Waals surface area (Å²) < 4.78 is 4.91. The molecular weight excluding hydrogens is 468 g/mol. The number of hydrogen-bond acceptors (Lipinski definition) is 8. The second-order valence-corrected chi connectivity index (χ2v) is 9.07. The van der Waals surface area contributed by atoms with E-state index in [1.165, 1.54) is 12.7 Å². The van der Waals surface area contributed by atoms with Crippen molar-refractivity contribution in [3.8, 4) is 11.1 Å². The van der Waals surface area contributed by atoms with Crippen LogP contribution in [0.4, 0.5) is 11.8 Å². The van der Waals surface area contributed by atoms with E-state index in [0.717, 1.165) is 61.3 Å². The minimum absolute atomic E-state index is 0.0350. The van der Waals surface area contributed by atoms with Gasteiger partial charge in [0, 0.05) is 43.2 Å². The van der Waals surface area contributed by atoms with Crippen LogP contribution >= 0.6 is 0 Å². The van der Waals surface area contributed by atoms with Gasteiger partial charge in [0.2, 0.25) is 11.9 Å². The van der Waals surface area contributed by atoms with Gasteiger partial charge in [0.25, 0.3) is 0 Å². The second kappa shape index (κ2) is 13.3. The Morgan fingerprint density at radius 3 is 2.65 bits per heavy atom. The van der Waals surface area contributed by atoms with E-state index in [1.807, 2.05) is 30.3 Å². The van der Waals surface area contributed by atoms with Crippen LogP contribution in [0.1, 0.15) is 43.4 Å². The summed E-state index contributed by atoms with van der Waals surface area (Å²) in [5, 5.41) is 9.27. The number of anilines is 2. The highest BCUT2D eigenvalue weighted by atomic mass is 16.5. The molecule has 1 aliphatic heterocycles. The molecule has 0 aliphatic carbocycles. The van der Waals surface area contributed by atoms with Gasteiger partial charge in [-0.05, 0) is 55.7 Å². The lowest BCUT2D eigenvalue weighted by Gasteiger charge is -2.17. The molecule has 37 heavy (non-hydrogen) atoms. The van der Waals surface area contributed by atoms with Crippen molar-refractivity contribution < 1.29 is 14.3 Å². The third kappa shape index (κ3) is 7.73. The number of pyridine rings is 1. The Bertz CT molecular complexity index is 1170. The molecule has 3 heterocycles. The first-order valence-electron chi connectivity index (χ1n) is 12.8. The van der Waals surface area contributed by atoms with Crippen molar-refractivity contribution in [1.29, 1.82) is 0 Å². The van der Waals surface area contributed by atoms with Gasteiger partial charge in [0.05, 0.1) is 7.11 Å². The molecule has 1 aromatic carbocycles. The zero-order valence-corrected chi connectivity index (χ0v) is 21.2. The number of aryl methyl sites for hydroxylation is 2. The van der Waals surface area contributed by atoms with Crippen LogP contribution in [-0.4, -0.2) is 53.1 Å². The van der Waals surface area contributed by atoms with Gasteiger partial charge in [0.15, 0.2) is 0 Å². The summed E-state index contributed by atoms with van der Waals surface area (Å²) >= 11 is 0. The largest absolute Gasteiger partial charge is 0.467 e. The van der Waals surface area contributed by atoms with E-state index in [4.69, 9.17) is 9.72 Å². The van der Waals surface area contributed by atoms with Crippen LogP contribution in [0.5, 0.6) is 0 Å². The summed E-state index contributed by atoms with van der Waals surface area (Å²) in [6, 6.07) is 13.4. The maximum absolute atomic E-state index is 12.3. The van der Waals surface area contributed by atoms with Gasteiger partial charge in [-0.25, -0.2) is 19.7 Å². The minimum Gasteiger partial charge on any atom is -0.467 e. The molecule has 1 amide bonds. The van der Waals surface area contributed by atoms with Crippen molar-refractivity contribution in [2.24, 2.45) is 0 Å². The molecular formula is C28H34N6O3. The van der Waals surface area contributed by atoms with Gasteiger partial charge in [-0.2, -0.15) is 0 Å². The van der Waals surface area contributed by atoms with Gasteiger partial charge < -0.3 is 20.7 Å². The topological polar surface area (TPSA) is 118 Å². The zero-order valence-electron chi connectivity index (χ0n) is 21.2. The normalized spacial score (nSPS) is 13.1. The van der Waals surface area contributed by atoms with Crippen LogP contribution in [0.3, 0.4) is 0 Å². The molecule has 0 saturated carbocycles. The first kappa shape index (κ1) is 26.1. The number of aromatic nitrogens is 3. The Balaban J connectivity index is 1.17. The summed E-state index contributed by atoms with van der Waals surface area (Å²) in [7, 11) is 1.34.